The molecule has 0 fully saturated rings. The van der Waals surface area contributed by atoms with Crippen molar-refractivity contribution in [2.24, 2.45) is 0 Å². The molecule has 0 aromatic carbocycles. The van der Waals surface area contributed by atoms with Crippen LogP contribution in [0.2, 0.25) is 0 Å². The molecule has 6 aromatic rings. The monoisotopic (exact) mass is 1130 g/mol. The normalized spacial score (nSPS) is 13.6. The van der Waals surface area contributed by atoms with E-state index in [1.807, 2.05) is 55.8 Å². The van der Waals surface area contributed by atoms with Crippen LogP contribution in [0, 0.1) is 0 Å². The summed E-state index contributed by atoms with van der Waals surface area (Å²) in [6.07, 6.45) is 18.7. The fraction of sp³-hybridized carbons (Fsp3) is 0.525. The van der Waals surface area contributed by atoms with Gasteiger partial charge in [-0.1, -0.05) is 51.1 Å². The summed E-state index contributed by atoms with van der Waals surface area (Å²) in [7, 11) is 11.2. The Labute approximate surface area is 484 Å². The van der Waals surface area contributed by atoms with Crippen LogP contribution >= 0.6 is 0 Å². The topological polar surface area (TPSA) is 224 Å². The molecule has 21 nitrogen and oxygen atoms in total. The van der Waals surface area contributed by atoms with Gasteiger partial charge in [-0.05, 0) is 111 Å². The number of pyridine rings is 5. The number of fused-ring (bicyclic) bond motifs is 2. The fourth-order valence-electron chi connectivity index (χ4n) is 9.97. The molecule has 2 amide bonds. The van der Waals surface area contributed by atoms with E-state index >= 15 is 0 Å². The molecule has 82 heavy (non-hydrogen) atoms. The zero-order valence-corrected chi connectivity index (χ0v) is 49.8. The molecule has 3 atom stereocenters. The number of carbonyl (C=O) groups excluding carboxylic acids is 1. The molecule has 6 aromatic heterocycles. The van der Waals surface area contributed by atoms with Crippen molar-refractivity contribution in [3.05, 3.63) is 141 Å². The van der Waals surface area contributed by atoms with Crippen LogP contribution in [0.4, 0.5) is 16.4 Å². The molecule has 4 N–H and O–H groups in total. The summed E-state index contributed by atoms with van der Waals surface area (Å²) in [4.78, 5) is 50.2. The molecule has 3 unspecified atom stereocenters. The summed E-state index contributed by atoms with van der Waals surface area (Å²) in [5.74, 6) is 3.76. The van der Waals surface area contributed by atoms with Gasteiger partial charge >= 0.3 is 11.7 Å². The second-order valence-corrected chi connectivity index (χ2v) is 19.9. The maximum absolute atomic E-state index is 13.2. The molecular formula is C61H88N12O9. The lowest BCUT2D eigenvalue weighted by Crippen LogP contribution is -2.46. The van der Waals surface area contributed by atoms with E-state index in [0.717, 1.165) is 111 Å². The molecule has 0 saturated carbocycles. The standard InChI is InChI=1S/C25H37N5O4.C23H29N5O2.C13H22N2O3/c1-5-21(19-11-13-22(32-2)28-16-19)30(17-23(33-3)34-4)25(31)27-15-7-9-20-12-10-18-8-6-14-26-24(18)29-20;1-3-20(18-9-11-21(30-2)25-16-18)28-15-14-27(23(28)29)13-5-7-19-10-8-17-6-4-12-24-22(17)26-19;1-5-11(14-9-13(17-3)18-4)10-6-7-12(16-2)15-8-10/h10-13,16,21,23H,5-9,14-15,17H2,1-4H3,(H,26,29)(H,27,31);8-11,14-16,20H,3-7,12-13H2,1-2H3,(H,24,26);6-8,11,13-14H,5,9H2,1-4H3. The molecule has 0 radical (unpaired) electrons. The Hall–Kier alpha value is -7.17. The van der Waals surface area contributed by atoms with E-state index in [1.54, 1.807) is 82.3 Å². The number of methoxy groups -OCH3 is 7. The average Bonchev–Trinajstić information content (AvgIpc) is 4.08. The molecule has 2 aliphatic rings. The van der Waals surface area contributed by atoms with E-state index in [2.05, 4.69) is 74.3 Å². The molecule has 21 heteroatoms. The number of carbonyl (C=O) groups is 1. The number of anilines is 2. The molecular weight excluding hydrogens is 1040 g/mol. The average molecular weight is 1130 g/mol. The molecule has 0 saturated heterocycles. The highest BCUT2D eigenvalue weighted by atomic mass is 16.7. The first-order chi connectivity index (χ1) is 40.0. The number of hydrogen-bond donors (Lipinski definition) is 4. The van der Waals surface area contributed by atoms with Gasteiger partial charge in [0, 0.05) is 128 Å². The molecule has 8 rings (SSSR count). The van der Waals surface area contributed by atoms with E-state index in [9.17, 15) is 9.59 Å². The largest absolute Gasteiger partial charge is 0.481 e. The van der Waals surface area contributed by atoms with E-state index in [0.29, 0.717) is 50.2 Å². The molecule has 8 heterocycles. The summed E-state index contributed by atoms with van der Waals surface area (Å²) in [6, 6.07) is 19.8. The van der Waals surface area contributed by atoms with E-state index in [1.165, 1.54) is 17.5 Å². The van der Waals surface area contributed by atoms with Gasteiger partial charge in [0.1, 0.15) is 11.6 Å². The van der Waals surface area contributed by atoms with E-state index in [-0.39, 0.29) is 36.1 Å². The van der Waals surface area contributed by atoms with Crippen LogP contribution in [0.15, 0.2) is 96.4 Å². The van der Waals surface area contributed by atoms with Crippen molar-refractivity contribution in [2.75, 3.05) is 93.1 Å². The van der Waals surface area contributed by atoms with Crippen molar-refractivity contribution in [1.29, 1.82) is 0 Å². The lowest BCUT2D eigenvalue weighted by molar-refractivity contribution is -0.114. The number of amides is 2. The zero-order valence-electron chi connectivity index (χ0n) is 49.8. The van der Waals surface area contributed by atoms with Crippen molar-refractivity contribution in [1.82, 2.24) is 49.6 Å². The minimum absolute atomic E-state index is 0.0118. The Balaban J connectivity index is 0.000000207. The number of rotatable bonds is 28. The quantitative estimate of drug-likeness (QED) is 0.0266. The van der Waals surface area contributed by atoms with E-state index in [4.69, 9.17) is 43.1 Å². The number of ether oxygens (including phenoxy) is 7. The third kappa shape index (κ3) is 18.7. The molecule has 0 bridgehead atoms. The van der Waals surface area contributed by atoms with Gasteiger partial charge < -0.3 is 59.3 Å². The summed E-state index contributed by atoms with van der Waals surface area (Å²) >= 11 is 0. The Morgan fingerprint density at radius 1 is 0.634 bits per heavy atom. The van der Waals surface area contributed by atoms with Crippen molar-refractivity contribution in [3.63, 3.8) is 0 Å². The predicted molar refractivity (Wildman–Crippen MR) is 318 cm³/mol. The van der Waals surface area contributed by atoms with Gasteiger partial charge in [-0.25, -0.2) is 34.5 Å². The van der Waals surface area contributed by atoms with Gasteiger partial charge in [0.15, 0.2) is 12.6 Å². The third-order valence-electron chi connectivity index (χ3n) is 14.7. The van der Waals surface area contributed by atoms with Crippen molar-refractivity contribution in [3.8, 4) is 17.6 Å². The number of nitrogens with one attached hydrogen (secondary N) is 4. The van der Waals surface area contributed by atoms with Crippen LogP contribution in [0.3, 0.4) is 0 Å². The molecule has 0 spiro atoms. The van der Waals surface area contributed by atoms with Crippen LogP contribution in [0.25, 0.3) is 0 Å². The summed E-state index contributed by atoms with van der Waals surface area (Å²) in [5, 5.41) is 13.2. The number of hydrogen-bond acceptors (Lipinski definition) is 17. The maximum Gasteiger partial charge on any atom is 0.328 e. The van der Waals surface area contributed by atoms with Gasteiger partial charge in [0.25, 0.3) is 0 Å². The first-order valence-corrected chi connectivity index (χ1v) is 28.6. The Kier molecular flexibility index (Phi) is 26.8. The highest BCUT2D eigenvalue weighted by molar-refractivity contribution is 5.74. The lowest BCUT2D eigenvalue weighted by atomic mass is 10.0. The molecule has 446 valence electrons. The minimum Gasteiger partial charge on any atom is -0.481 e. The molecule has 0 aliphatic carbocycles. The Morgan fingerprint density at radius 3 is 1.66 bits per heavy atom. The lowest BCUT2D eigenvalue weighted by Gasteiger charge is -2.33. The van der Waals surface area contributed by atoms with Crippen LogP contribution in [-0.2, 0) is 51.2 Å². The van der Waals surface area contributed by atoms with Crippen molar-refractivity contribution < 1.29 is 38.0 Å². The SMILES string of the molecule is CCC(NCC(OC)OC)c1ccc(OC)nc1.CCC(c1ccc(OC)nc1)N(CC(OC)OC)C(=O)NCCCc1ccc2c(n1)NCCC2.CCC(c1ccc(OC)nc1)n1ccn(CCCc2ccc3c(n2)NCCC3)c1=O. The predicted octanol–water partition coefficient (Wildman–Crippen LogP) is 8.75. The Morgan fingerprint density at radius 2 is 1.17 bits per heavy atom. The highest BCUT2D eigenvalue weighted by Gasteiger charge is 2.28. The Bertz CT molecular complexity index is 2850. The number of aromatic nitrogens is 7. The number of urea groups is 1. The van der Waals surface area contributed by atoms with Gasteiger partial charge in [-0.3, -0.25) is 9.13 Å². The number of imidazole rings is 1. The van der Waals surface area contributed by atoms with Gasteiger partial charge in [0.05, 0.1) is 40.0 Å². The first kappa shape index (κ1) is 64.0. The second-order valence-electron chi connectivity index (χ2n) is 19.9. The van der Waals surface area contributed by atoms with Crippen LogP contribution < -0.4 is 41.2 Å². The minimum atomic E-state index is -0.529. The second kappa shape index (κ2) is 34.3. The summed E-state index contributed by atoms with van der Waals surface area (Å²) in [6.45, 7) is 10.4. The van der Waals surface area contributed by atoms with E-state index < -0.39 is 6.29 Å². The first-order valence-electron chi connectivity index (χ1n) is 28.6. The van der Waals surface area contributed by atoms with Gasteiger partial charge in [0.2, 0.25) is 17.6 Å². The van der Waals surface area contributed by atoms with Gasteiger partial charge in [-0.15, -0.1) is 0 Å². The highest BCUT2D eigenvalue weighted by Crippen LogP contribution is 2.27. The van der Waals surface area contributed by atoms with Crippen LogP contribution in [0.1, 0.15) is 123 Å². The smallest absolute Gasteiger partial charge is 0.328 e. The third-order valence-corrected chi connectivity index (χ3v) is 14.7. The summed E-state index contributed by atoms with van der Waals surface area (Å²) < 4.78 is 40.0. The van der Waals surface area contributed by atoms with Crippen LogP contribution in [0.5, 0.6) is 17.6 Å². The maximum atomic E-state index is 13.2. The van der Waals surface area contributed by atoms with Crippen molar-refractivity contribution >= 4 is 17.7 Å². The fourth-order valence-corrected chi connectivity index (χ4v) is 9.97. The van der Waals surface area contributed by atoms with Gasteiger partial charge in [-0.2, -0.15) is 0 Å². The van der Waals surface area contributed by atoms with Crippen molar-refractivity contribution in [2.45, 2.75) is 129 Å². The number of aryl methyl sites for hydroxylation is 5. The number of nitrogens with zero attached hydrogens (tertiary/aromatic N) is 8. The van der Waals surface area contributed by atoms with Crippen LogP contribution in [-0.4, -0.2) is 140 Å². The molecule has 2 aliphatic heterocycles. The summed E-state index contributed by atoms with van der Waals surface area (Å²) in [5.41, 5.74) is 7.77. The zero-order chi connectivity index (χ0) is 58.6.